The molecule has 72 valence electrons. The van der Waals surface area contributed by atoms with Gasteiger partial charge in [-0.25, -0.2) is 0 Å². The SMILES string of the molecule is COC(=O)Cc1ccc(CCO)o1. The van der Waals surface area contributed by atoms with Gasteiger partial charge in [-0.05, 0) is 12.1 Å². The van der Waals surface area contributed by atoms with Crippen molar-refractivity contribution in [3.05, 3.63) is 23.7 Å². The molecular weight excluding hydrogens is 172 g/mol. The Balaban J connectivity index is 2.53. The van der Waals surface area contributed by atoms with Crippen molar-refractivity contribution in [2.45, 2.75) is 12.8 Å². The lowest BCUT2D eigenvalue weighted by atomic mass is 10.3. The van der Waals surface area contributed by atoms with E-state index in [1.165, 1.54) is 7.11 Å². The van der Waals surface area contributed by atoms with Crippen LogP contribution in [0.25, 0.3) is 0 Å². The first-order valence-corrected chi connectivity index (χ1v) is 4.01. The maximum absolute atomic E-state index is 10.8. The third-order valence-corrected chi connectivity index (χ3v) is 1.62. The third-order valence-electron chi connectivity index (χ3n) is 1.62. The van der Waals surface area contributed by atoms with E-state index >= 15 is 0 Å². The molecule has 0 atom stereocenters. The Bertz CT molecular complexity index is 277. The van der Waals surface area contributed by atoms with Crippen molar-refractivity contribution in [2.75, 3.05) is 13.7 Å². The summed E-state index contributed by atoms with van der Waals surface area (Å²) in [5, 5.41) is 8.61. The summed E-state index contributed by atoms with van der Waals surface area (Å²) in [5.74, 6) is 0.918. The minimum Gasteiger partial charge on any atom is -0.469 e. The maximum atomic E-state index is 10.8. The average molecular weight is 184 g/mol. The number of carbonyl (C=O) groups excluding carboxylic acids is 1. The Morgan fingerprint density at radius 3 is 2.85 bits per heavy atom. The van der Waals surface area contributed by atoms with E-state index in [0.29, 0.717) is 17.9 Å². The molecule has 0 aliphatic carbocycles. The fraction of sp³-hybridized carbons (Fsp3) is 0.444. The number of methoxy groups -OCH3 is 1. The number of furan rings is 1. The van der Waals surface area contributed by atoms with Crippen LogP contribution in [0.15, 0.2) is 16.5 Å². The quantitative estimate of drug-likeness (QED) is 0.693. The van der Waals surface area contributed by atoms with Crippen molar-refractivity contribution in [2.24, 2.45) is 0 Å². The van der Waals surface area contributed by atoms with Crippen molar-refractivity contribution >= 4 is 5.97 Å². The van der Waals surface area contributed by atoms with Gasteiger partial charge in [-0.2, -0.15) is 0 Å². The number of hydrogen-bond acceptors (Lipinski definition) is 4. The van der Waals surface area contributed by atoms with Gasteiger partial charge in [-0.15, -0.1) is 0 Å². The minimum absolute atomic E-state index is 0.0468. The Morgan fingerprint density at radius 1 is 1.54 bits per heavy atom. The highest BCUT2D eigenvalue weighted by molar-refractivity contribution is 5.71. The Kier molecular flexibility index (Phi) is 3.52. The average Bonchev–Trinajstić information content (AvgIpc) is 2.53. The zero-order valence-electron chi connectivity index (χ0n) is 7.45. The number of aliphatic hydroxyl groups is 1. The van der Waals surface area contributed by atoms with Crippen LogP contribution < -0.4 is 0 Å². The molecule has 4 nitrogen and oxygen atoms in total. The van der Waals surface area contributed by atoms with Crippen molar-refractivity contribution in [3.8, 4) is 0 Å². The summed E-state index contributed by atoms with van der Waals surface area (Å²) in [6.07, 6.45) is 0.614. The van der Waals surface area contributed by atoms with Crippen LogP contribution in [0.3, 0.4) is 0 Å². The van der Waals surface area contributed by atoms with Crippen molar-refractivity contribution < 1.29 is 19.1 Å². The van der Waals surface area contributed by atoms with Crippen molar-refractivity contribution in [1.29, 1.82) is 0 Å². The van der Waals surface area contributed by atoms with Crippen LogP contribution in [-0.2, 0) is 22.4 Å². The highest BCUT2D eigenvalue weighted by Crippen LogP contribution is 2.09. The standard InChI is InChI=1S/C9H12O4/c1-12-9(11)6-8-3-2-7(13-8)4-5-10/h2-3,10H,4-6H2,1H3. The molecule has 0 saturated carbocycles. The topological polar surface area (TPSA) is 59.7 Å². The molecule has 0 fully saturated rings. The van der Waals surface area contributed by atoms with Gasteiger partial charge in [0.25, 0.3) is 0 Å². The van der Waals surface area contributed by atoms with Gasteiger partial charge in [-0.3, -0.25) is 4.79 Å². The van der Waals surface area contributed by atoms with Gasteiger partial charge in [-0.1, -0.05) is 0 Å². The molecule has 0 unspecified atom stereocenters. The summed E-state index contributed by atoms with van der Waals surface area (Å²) in [6.45, 7) is 0.0468. The normalized spacial score (nSPS) is 10.0. The van der Waals surface area contributed by atoms with E-state index in [1.807, 2.05) is 0 Å². The van der Waals surface area contributed by atoms with E-state index in [0.717, 1.165) is 0 Å². The van der Waals surface area contributed by atoms with E-state index < -0.39 is 0 Å². The molecule has 0 aromatic carbocycles. The van der Waals surface area contributed by atoms with Crippen LogP contribution in [-0.4, -0.2) is 24.8 Å². The van der Waals surface area contributed by atoms with E-state index in [1.54, 1.807) is 12.1 Å². The van der Waals surface area contributed by atoms with Gasteiger partial charge in [0.2, 0.25) is 0 Å². The number of ether oxygens (including phenoxy) is 1. The first-order valence-electron chi connectivity index (χ1n) is 4.01. The lowest BCUT2D eigenvalue weighted by Crippen LogP contribution is -2.03. The van der Waals surface area contributed by atoms with Crippen LogP contribution in [0.2, 0.25) is 0 Å². The van der Waals surface area contributed by atoms with Gasteiger partial charge in [0.15, 0.2) is 0 Å². The zero-order chi connectivity index (χ0) is 9.68. The summed E-state index contributed by atoms with van der Waals surface area (Å²) in [4.78, 5) is 10.8. The summed E-state index contributed by atoms with van der Waals surface area (Å²) in [7, 11) is 1.33. The molecule has 0 aliphatic rings. The van der Waals surface area contributed by atoms with Crippen LogP contribution in [0.4, 0.5) is 0 Å². The lowest BCUT2D eigenvalue weighted by Gasteiger charge is -1.95. The highest BCUT2D eigenvalue weighted by atomic mass is 16.5. The Morgan fingerprint density at radius 2 is 2.23 bits per heavy atom. The minimum atomic E-state index is -0.329. The molecule has 1 aromatic heterocycles. The summed E-state index contributed by atoms with van der Waals surface area (Å²) < 4.78 is 9.71. The number of esters is 1. The molecule has 0 radical (unpaired) electrons. The van der Waals surface area contributed by atoms with E-state index in [4.69, 9.17) is 9.52 Å². The van der Waals surface area contributed by atoms with Gasteiger partial charge in [0.1, 0.15) is 17.9 Å². The molecule has 1 aromatic rings. The molecule has 0 saturated heterocycles. The summed E-state index contributed by atoms with van der Waals surface area (Å²) in [5.41, 5.74) is 0. The second-order valence-corrected chi connectivity index (χ2v) is 2.59. The molecule has 0 aliphatic heterocycles. The molecule has 0 bridgehead atoms. The zero-order valence-corrected chi connectivity index (χ0v) is 7.45. The summed E-state index contributed by atoms with van der Waals surface area (Å²) >= 11 is 0. The molecular formula is C9H12O4. The third kappa shape index (κ3) is 2.91. The Hall–Kier alpha value is -1.29. The van der Waals surface area contributed by atoms with Crippen molar-refractivity contribution in [3.63, 3.8) is 0 Å². The van der Waals surface area contributed by atoms with Crippen molar-refractivity contribution in [1.82, 2.24) is 0 Å². The molecule has 4 heteroatoms. The molecule has 1 N–H and O–H groups in total. The van der Waals surface area contributed by atoms with Gasteiger partial charge in [0, 0.05) is 6.42 Å². The van der Waals surface area contributed by atoms with E-state index in [9.17, 15) is 4.79 Å². The predicted octanol–water partition coefficient (Wildman–Crippen LogP) is 0.530. The second-order valence-electron chi connectivity index (χ2n) is 2.59. The lowest BCUT2D eigenvalue weighted by molar-refractivity contribution is -0.140. The van der Waals surface area contributed by atoms with Crippen LogP contribution in [0.5, 0.6) is 0 Å². The monoisotopic (exact) mass is 184 g/mol. The first-order chi connectivity index (χ1) is 6.26. The number of rotatable bonds is 4. The molecule has 13 heavy (non-hydrogen) atoms. The van der Waals surface area contributed by atoms with E-state index in [2.05, 4.69) is 4.74 Å². The van der Waals surface area contributed by atoms with Gasteiger partial charge < -0.3 is 14.3 Å². The van der Waals surface area contributed by atoms with E-state index in [-0.39, 0.29) is 19.0 Å². The molecule has 0 spiro atoms. The smallest absolute Gasteiger partial charge is 0.313 e. The molecule has 1 heterocycles. The van der Waals surface area contributed by atoms with Crippen LogP contribution in [0, 0.1) is 0 Å². The van der Waals surface area contributed by atoms with Gasteiger partial charge >= 0.3 is 5.97 Å². The maximum Gasteiger partial charge on any atom is 0.313 e. The number of aliphatic hydroxyl groups excluding tert-OH is 1. The number of carbonyl (C=O) groups is 1. The van der Waals surface area contributed by atoms with Crippen LogP contribution >= 0.6 is 0 Å². The fourth-order valence-electron chi connectivity index (χ4n) is 0.976. The first kappa shape index (κ1) is 9.80. The van der Waals surface area contributed by atoms with Crippen LogP contribution in [0.1, 0.15) is 11.5 Å². The largest absolute Gasteiger partial charge is 0.469 e. The fourth-order valence-corrected chi connectivity index (χ4v) is 0.976. The highest BCUT2D eigenvalue weighted by Gasteiger charge is 2.07. The predicted molar refractivity (Wildman–Crippen MR) is 45.2 cm³/mol. The van der Waals surface area contributed by atoms with Gasteiger partial charge in [0.05, 0.1) is 13.7 Å². The summed E-state index contributed by atoms with van der Waals surface area (Å²) in [6, 6.07) is 3.45. The molecule has 0 amide bonds. The second kappa shape index (κ2) is 4.67. The molecule has 1 rings (SSSR count). The Labute approximate surface area is 76.1 Å². The number of hydrogen-bond donors (Lipinski definition) is 1.